The lowest BCUT2D eigenvalue weighted by atomic mass is 10.2. The van der Waals surface area contributed by atoms with Crippen LogP contribution in [0.4, 0.5) is 0 Å². The van der Waals surface area contributed by atoms with E-state index in [1.54, 1.807) is 0 Å². The number of nitrogens with one attached hydrogen (secondary N) is 2. The van der Waals surface area contributed by atoms with Gasteiger partial charge in [0.15, 0.2) is 0 Å². The minimum Gasteiger partial charge on any atom is -0.347 e. The fourth-order valence-electron chi connectivity index (χ4n) is 1.95. The quantitative estimate of drug-likeness (QED) is 0.814. The van der Waals surface area contributed by atoms with Crippen molar-refractivity contribution in [2.45, 2.75) is 37.2 Å². The van der Waals surface area contributed by atoms with E-state index in [0.29, 0.717) is 12.1 Å². The molecule has 2 aromatic rings. The summed E-state index contributed by atoms with van der Waals surface area (Å²) in [7, 11) is -3.49. The standard InChI is InChI=1S/C14H16N4O3S2/c1-9-13(22-18-16-9)8-15-14(19)10-2-6-12(7-3-10)23(20,21)17-11-4-5-11/h2-3,6-7,11,17H,4-5,8H2,1H3,(H,15,19). The van der Waals surface area contributed by atoms with Gasteiger partial charge in [-0.05, 0) is 55.6 Å². The van der Waals surface area contributed by atoms with Crippen molar-refractivity contribution < 1.29 is 13.2 Å². The Labute approximate surface area is 138 Å². The van der Waals surface area contributed by atoms with E-state index in [0.717, 1.165) is 23.4 Å². The van der Waals surface area contributed by atoms with E-state index in [9.17, 15) is 13.2 Å². The van der Waals surface area contributed by atoms with Crippen LogP contribution in [0.25, 0.3) is 0 Å². The van der Waals surface area contributed by atoms with E-state index in [-0.39, 0.29) is 16.8 Å². The molecular weight excluding hydrogens is 336 g/mol. The van der Waals surface area contributed by atoms with Gasteiger partial charge < -0.3 is 5.32 Å². The maximum Gasteiger partial charge on any atom is 0.251 e. The molecule has 1 saturated carbocycles. The van der Waals surface area contributed by atoms with Crippen molar-refractivity contribution in [3.05, 3.63) is 40.4 Å². The highest BCUT2D eigenvalue weighted by Gasteiger charge is 2.27. The lowest BCUT2D eigenvalue weighted by molar-refractivity contribution is 0.0951. The number of sulfonamides is 1. The number of benzene rings is 1. The van der Waals surface area contributed by atoms with Crippen LogP contribution in [0.2, 0.25) is 0 Å². The SMILES string of the molecule is Cc1nnsc1CNC(=O)c1ccc(S(=O)(=O)NC2CC2)cc1. The maximum atomic E-state index is 12.1. The van der Waals surface area contributed by atoms with Crippen LogP contribution in [0.1, 0.15) is 33.8 Å². The minimum atomic E-state index is -3.49. The van der Waals surface area contributed by atoms with Gasteiger partial charge in [0.05, 0.1) is 22.0 Å². The van der Waals surface area contributed by atoms with E-state index < -0.39 is 10.0 Å². The summed E-state index contributed by atoms with van der Waals surface area (Å²) in [6.45, 7) is 2.18. The van der Waals surface area contributed by atoms with Gasteiger partial charge >= 0.3 is 0 Å². The van der Waals surface area contributed by atoms with Crippen LogP contribution in [0.15, 0.2) is 29.2 Å². The Morgan fingerprint density at radius 2 is 2.00 bits per heavy atom. The number of aryl methyl sites for hydroxylation is 1. The number of nitrogens with zero attached hydrogens (tertiary/aromatic N) is 2. The summed E-state index contributed by atoms with van der Waals surface area (Å²) >= 11 is 1.24. The fraction of sp³-hybridized carbons (Fsp3) is 0.357. The van der Waals surface area contributed by atoms with Crippen molar-refractivity contribution in [1.82, 2.24) is 19.6 Å². The van der Waals surface area contributed by atoms with Gasteiger partial charge in [0.1, 0.15) is 0 Å². The van der Waals surface area contributed by atoms with Gasteiger partial charge in [0, 0.05) is 11.6 Å². The second-order valence-electron chi connectivity index (χ2n) is 5.38. The van der Waals surface area contributed by atoms with Crippen LogP contribution in [0, 0.1) is 6.92 Å². The van der Waals surface area contributed by atoms with Crippen molar-refractivity contribution >= 4 is 27.5 Å². The van der Waals surface area contributed by atoms with Crippen molar-refractivity contribution in [2.75, 3.05) is 0 Å². The molecule has 7 nitrogen and oxygen atoms in total. The summed E-state index contributed by atoms with van der Waals surface area (Å²) in [5, 5.41) is 6.65. The molecule has 0 unspecified atom stereocenters. The molecule has 1 aromatic carbocycles. The number of carbonyl (C=O) groups excluding carboxylic acids is 1. The molecule has 1 aromatic heterocycles. The number of hydrogen-bond acceptors (Lipinski definition) is 6. The summed E-state index contributed by atoms with van der Waals surface area (Å²) in [6.07, 6.45) is 1.76. The molecule has 0 atom stereocenters. The smallest absolute Gasteiger partial charge is 0.251 e. The van der Waals surface area contributed by atoms with Crippen LogP contribution in [0.5, 0.6) is 0 Å². The zero-order chi connectivity index (χ0) is 16.4. The molecule has 2 N–H and O–H groups in total. The molecule has 0 aliphatic heterocycles. The lowest BCUT2D eigenvalue weighted by Gasteiger charge is -2.07. The summed E-state index contributed by atoms with van der Waals surface area (Å²) in [6, 6.07) is 5.96. The van der Waals surface area contributed by atoms with Crippen molar-refractivity contribution in [1.29, 1.82) is 0 Å². The van der Waals surface area contributed by atoms with Crippen molar-refractivity contribution in [3.8, 4) is 0 Å². The predicted octanol–water partition coefficient (Wildman–Crippen LogP) is 1.22. The van der Waals surface area contributed by atoms with E-state index in [4.69, 9.17) is 0 Å². The van der Waals surface area contributed by atoms with Gasteiger partial charge in [0.25, 0.3) is 5.91 Å². The van der Waals surface area contributed by atoms with Crippen LogP contribution in [-0.4, -0.2) is 30.0 Å². The molecule has 1 aliphatic rings. The fourth-order valence-corrected chi connectivity index (χ4v) is 3.83. The Morgan fingerprint density at radius 3 is 2.57 bits per heavy atom. The van der Waals surface area contributed by atoms with Gasteiger partial charge in [0.2, 0.25) is 10.0 Å². The van der Waals surface area contributed by atoms with E-state index in [1.165, 1.54) is 35.8 Å². The second-order valence-corrected chi connectivity index (χ2v) is 7.94. The molecule has 1 fully saturated rings. The van der Waals surface area contributed by atoms with E-state index in [1.807, 2.05) is 6.92 Å². The number of aromatic nitrogens is 2. The Balaban J connectivity index is 1.64. The molecule has 0 spiro atoms. The molecule has 1 amide bonds. The first-order valence-corrected chi connectivity index (χ1v) is 9.40. The van der Waals surface area contributed by atoms with Gasteiger partial charge in [-0.2, -0.15) is 0 Å². The predicted molar refractivity (Wildman–Crippen MR) is 85.6 cm³/mol. The van der Waals surface area contributed by atoms with Gasteiger partial charge in [-0.25, -0.2) is 13.1 Å². The number of carbonyl (C=O) groups is 1. The number of amides is 1. The largest absolute Gasteiger partial charge is 0.347 e. The third kappa shape index (κ3) is 3.92. The Hall–Kier alpha value is -1.84. The first-order valence-electron chi connectivity index (χ1n) is 7.14. The summed E-state index contributed by atoms with van der Waals surface area (Å²) in [5.74, 6) is -0.267. The highest BCUT2D eigenvalue weighted by molar-refractivity contribution is 7.89. The van der Waals surface area contributed by atoms with Crippen LogP contribution in [0.3, 0.4) is 0 Å². The normalized spacial score (nSPS) is 14.7. The third-order valence-electron chi connectivity index (χ3n) is 3.48. The molecule has 23 heavy (non-hydrogen) atoms. The average Bonchev–Trinajstić information content (AvgIpc) is 3.24. The maximum absolute atomic E-state index is 12.1. The average molecular weight is 352 g/mol. The molecule has 0 saturated heterocycles. The van der Waals surface area contributed by atoms with E-state index in [2.05, 4.69) is 19.6 Å². The lowest BCUT2D eigenvalue weighted by Crippen LogP contribution is -2.26. The first-order chi connectivity index (χ1) is 11.0. The van der Waals surface area contributed by atoms with Gasteiger partial charge in [-0.3, -0.25) is 4.79 Å². The third-order valence-corrected chi connectivity index (χ3v) is 5.84. The number of rotatable bonds is 6. The van der Waals surface area contributed by atoms with Gasteiger partial charge in [-0.15, -0.1) is 5.10 Å². The highest BCUT2D eigenvalue weighted by Crippen LogP contribution is 2.22. The van der Waals surface area contributed by atoms with E-state index >= 15 is 0 Å². The Bertz CT molecular complexity index is 811. The molecule has 1 aliphatic carbocycles. The Morgan fingerprint density at radius 1 is 1.30 bits per heavy atom. The molecule has 9 heteroatoms. The second kappa shape index (κ2) is 6.34. The Kier molecular flexibility index (Phi) is 4.42. The summed E-state index contributed by atoms with van der Waals surface area (Å²) < 4.78 is 30.5. The zero-order valence-corrected chi connectivity index (χ0v) is 14.1. The van der Waals surface area contributed by atoms with Gasteiger partial charge in [-0.1, -0.05) is 4.49 Å². The van der Waals surface area contributed by atoms with Crippen molar-refractivity contribution in [3.63, 3.8) is 0 Å². The summed E-state index contributed by atoms with van der Waals surface area (Å²) in [4.78, 5) is 13.2. The molecule has 1 heterocycles. The minimum absolute atomic E-state index is 0.0548. The summed E-state index contributed by atoms with van der Waals surface area (Å²) in [5.41, 5.74) is 1.20. The topological polar surface area (TPSA) is 101 Å². The monoisotopic (exact) mass is 352 g/mol. The van der Waals surface area contributed by atoms with Crippen molar-refractivity contribution in [2.24, 2.45) is 0 Å². The molecule has 122 valence electrons. The zero-order valence-electron chi connectivity index (χ0n) is 12.4. The first kappa shape index (κ1) is 16.0. The molecule has 0 radical (unpaired) electrons. The molecule has 0 bridgehead atoms. The number of hydrogen-bond donors (Lipinski definition) is 2. The van der Waals surface area contributed by atoms with Crippen LogP contribution >= 0.6 is 11.5 Å². The van der Waals surface area contributed by atoms with Crippen LogP contribution in [-0.2, 0) is 16.6 Å². The molecular formula is C14H16N4O3S2. The van der Waals surface area contributed by atoms with Crippen LogP contribution < -0.4 is 10.0 Å². The highest BCUT2D eigenvalue weighted by atomic mass is 32.2. The molecule has 3 rings (SSSR count).